The van der Waals surface area contributed by atoms with Gasteiger partial charge in [0.05, 0.1) is 4.90 Å². The summed E-state index contributed by atoms with van der Waals surface area (Å²) in [6, 6.07) is 6.19. The summed E-state index contributed by atoms with van der Waals surface area (Å²) in [5.41, 5.74) is 0.361. The van der Waals surface area contributed by atoms with E-state index >= 15 is 0 Å². The summed E-state index contributed by atoms with van der Waals surface area (Å²) in [4.78, 5) is 12.3. The molecule has 8 heteroatoms. The predicted molar refractivity (Wildman–Crippen MR) is 87.9 cm³/mol. The summed E-state index contributed by atoms with van der Waals surface area (Å²) in [5, 5.41) is 6.15. The highest BCUT2D eigenvalue weighted by atomic mass is 35.5. The van der Waals surface area contributed by atoms with Crippen LogP contribution in [-0.4, -0.2) is 40.0 Å². The highest BCUT2D eigenvalue weighted by molar-refractivity contribution is 7.89. The van der Waals surface area contributed by atoms with Crippen molar-refractivity contribution in [3.63, 3.8) is 0 Å². The van der Waals surface area contributed by atoms with Crippen LogP contribution in [0.5, 0.6) is 0 Å². The fourth-order valence-corrected chi connectivity index (χ4v) is 3.41. The molecular formula is C14H22ClN3O3S. The van der Waals surface area contributed by atoms with E-state index in [1.54, 1.807) is 19.1 Å². The number of piperidine rings is 1. The van der Waals surface area contributed by atoms with Crippen LogP contribution in [0, 0.1) is 0 Å². The van der Waals surface area contributed by atoms with E-state index in [1.807, 2.05) is 0 Å². The average molecular weight is 348 g/mol. The maximum absolute atomic E-state index is 12.2. The van der Waals surface area contributed by atoms with Gasteiger partial charge in [0.1, 0.15) is 0 Å². The molecule has 0 spiro atoms. The van der Waals surface area contributed by atoms with Crippen LogP contribution in [0.25, 0.3) is 0 Å². The summed E-state index contributed by atoms with van der Waals surface area (Å²) < 4.78 is 26.3. The van der Waals surface area contributed by atoms with Gasteiger partial charge in [0.15, 0.2) is 0 Å². The molecule has 1 atom stereocenters. The molecule has 3 N–H and O–H groups in total. The molecule has 0 bridgehead atoms. The van der Waals surface area contributed by atoms with Crippen LogP contribution in [0.15, 0.2) is 29.2 Å². The number of rotatable bonds is 5. The Morgan fingerprint density at radius 1 is 1.41 bits per heavy atom. The lowest BCUT2D eigenvalue weighted by atomic mass is 10.1. The monoisotopic (exact) mass is 347 g/mol. The van der Waals surface area contributed by atoms with E-state index in [0.29, 0.717) is 12.1 Å². The second-order valence-corrected chi connectivity index (χ2v) is 6.81. The molecule has 1 aromatic carbocycles. The largest absolute Gasteiger partial charge is 0.348 e. The normalized spacial score (nSPS) is 18.3. The number of benzene rings is 1. The standard InChI is InChI=1S/C14H21N3O3S.ClH/c1-2-16-21(19,20)13-7-3-5-11(9-13)14(18)17-12-6-4-8-15-10-12;/h3,5,7,9,12,15-16H,2,4,6,8,10H2,1H3,(H,17,18);1H/t12-;/m0./s1. The van der Waals surface area contributed by atoms with Crippen LogP contribution in [0.1, 0.15) is 30.1 Å². The van der Waals surface area contributed by atoms with Gasteiger partial charge in [-0.05, 0) is 37.6 Å². The minimum absolute atomic E-state index is 0. The summed E-state index contributed by atoms with van der Waals surface area (Å²) in [6.07, 6.45) is 1.97. The van der Waals surface area contributed by atoms with E-state index in [-0.39, 0.29) is 29.3 Å². The summed E-state index contributed by atoms with van der Waals surface area (Å²) in [6.45, 7) is 3.75. The van der Waals surface area contributed by atoms with Crippen molar-refractivity contribution in [3.05, 3.63) is 29.8 Å². The zero-order valence-electron chi connectivity index (χ0n) is 12.5. The molecule has 6 nitrogen and oxygen atoms in total. The van der Waals surface area contributed by atoms with Crippen molar-refractivity contribution in [2.45, 2.75) is 30.7 Å². The average Bonchev–Trinajstić information content (AvgIpc) is 2.48. The number of hydrogen-bond acceptors (Lipinski definition) is 4. The summed E-state index contributed by atoms with van der Waals surface area (Å²) in [7, 11) is -3.54. The van der Waals surface area contributed by atoms with Crippen LogP contribution in [-0.2, 0) is 10.0 Å². The van der Waals surface area contributed by atoms with Crippen LogP contribution >= 0.6 is 12.4 Å². The minimum Gasteiger partial charge on any atom is -0.348 e. The zero-order chi connectivity index (χ0) is 15.3. The molecule has 0 unspecified atom stereocenters. The van der Waals surface area contributed by atoms with Gasteiger partial charge in [-0.25, -0.2) is 13.1 Å². The number of sulfonamides is 1. The molecule has 0 aliphatic carbocycles. The first kappa shape index (κ1) is 18.9. The Bertz CT molecular complexity index is 601. The Kier molecular flexibility index (Phi) is 7.28. The summed E-state index contributed by atoms with van der Waals surface area (Å²) in [5.74, 6) is -0.239. The quantitative estimate of drug-likeness (QED) is 0.738. The molecular weight excluding hydrogens is 326 g/mol. The van der Waals surface area contributed by atoms with E-state index in [1.165, 1.54) is 12.1 Å². The van der Waals surface area contributed by atoms with Crippen molar-refractivity contribution < 1.29 is 13.2 Å². The Labute approximate surface area is 137 Å². The predicted octanol–water partition coefficient (Wildman–Crippen LogP) is 0.888. The number of hydrogen-bond donors (Lipinski definition) is 3. The molecule has 1 saturated heterocycles. The van der Waals surface area contributed by atoms with E-state index in [2.05, 4.69) is 15.4 Å². The minimum atomic E-state index is -3.54. The maximum atomic E-state index is 12.2. The van der Waals surface area contributed by atoms with Crippen LogP contribution in [0.3, 0.4) is 0 Å². The second-order valence-electron chi connectivity index (χ2n) is 5.05. The van der Waals surface area contributed by atoms with Crippen molar-refractivity contribution in [2.24, 2.45) is 0 Å². The molecule has 1 amide bonds. The molecule has 1 heterocycles. The van der Waals surface area contributed by atoms with Gasteiger partial charge in [-0.1, -0.05) is 13.0 Å². The Hall–Kier alpha value is -1.15. The van der Waals surface area contributed by atoms with Crippen molar-refractivity contribution >= 4 is 28.3 Å². The molecule has 1 aromatic rings. The molecule has 22 heavy (non-hydrogen) atoms. The Balaban J connectivity index is 0.00000242. The zero-order valence-corrected chi connectivity index (χ0v) is 14.1. The number of carbonyl (C=O) groups is 1. The smallest absolute Gasteiger partial charge is 0.251 e. The molecule has 2 rings (SSSR count). The first-order valence-corrected chi connectivity index (χ1v) is 8.62. The molecule has 0 aromatic heterocycles. The molecule has 1 fully saturated rings. The lowest BCUT2D eigenvalue weighted by Crippen LogP contribution is -2.45. The van der Waals surface area contributed by atoms with Crippen LogP contribution in [0.2, 0.25) is 0 Å². The van der Waals surface area contributed by atoms with Crippen molar-refractivity contribution in [1.29, 1.82) is 0 Å². The van der Waals surface area contributed by atoms with Gasteiger partial charge in [0.2, 0.25) is 10.0 Å². The SMILES string of the molecule is CCNS(=O)(=O)c1cccc(C(=O)N[C@H]2CCCNC2)c1.Cl. The van der Waals surface area contributed by atoms with Gasteiger partial charge >= 0.3 is 0 Å². The van der Waals surface area contributed by atoms with Crippen LogP contribution in [0.4, 0.5) is 0 Å². The first-order chi connectivity index (χ1) is 10.0. The van der Waals surface area contributed by atoms with Gasteiger partial charge in [-0.2, -0.15) is 0 Å². The Morgan fingerprint density at radius 2 is 2.18 bits per heavy atom. The molecule has 0 saturated carbocycles. The molecule has 124 valence electrons. The number of halogens is 1. The molecule has 1 aliphatic rings. The van der Waals surface area contributed by atoms with Crippen molar-refractivity contribution in [1.82, 2.24) is 15.4 Å². The molecule has 0 radical (unpaired) electrons. The van der Waals surface area contributed by atoms with Crippen LogP contribution < -0.4 is 15.4 Å². The second kappa shape index (κ2) is 8.47. The van der Waals surface area contributed by atoms with Gasteiger partial charge < -0.3 is 10.6 Å². The highest BCUT2D eigenvalue weighted by Crippen LogP contribution is 2.12. The third-order valence-electron chi connectivity index (χ3n) is 3.37. The topological polar surface area (TPSA) is 87.3 Å². The van der Waals surface area contributed by atoms with Crippen molar-refractivity contribution in [2.75, 3.05) is 19.6 Å². The third-order valence-corrected chi connectivity index (χ3v) is 4.92. The van der Waals surface area contributed by atoms with E-state index < -0.39 is 10.0 Å². The molecule has 1 aliphatic heterocycles. The van der Waals surface area contributed by atoms with Gasteiger partial charge in [0.25, 0.3) is 5.91 Å². The summed E-state index contributed by atoms with van der Waals surface area (Å²) >= 11 is 0. The number of carbonyl (C=O) groups excluding carboxylic acids is 1. The van der Waals surface area contributed by atoms with E-state index in [4.69, 9.17) is 0 Å². The van der Waals surface area contributed by atoms with Crippen molar-refractivity contribution in [3.8, 4) is 0 Å². The van der Waals surface area contributed by atoms with Gasteiger partial charge in [0, 0.05) is 24.7 Å². The van der Waals surface area contributed by atoms with Gasteiger partial charge in [-0.3, -0.25) is 4.79 Å². The third kappa shape index (κ3) is 4.95. The van der Waals surface area contributed by atoms with E-state index in [0.717, 1.165) is 25.9 Å². The lowest BCUT2D eigenvalue weighted by molar-refractivity contribution is 0.0930. The van der Waals surface area contributed by atoms with Gasteiger partial charge in [-0.15, -0.1) is 12.4 Å². The van der Waals surface area contributed by atoms with E-state index in [9.17, 15) is 13.2 Å². The highest BCUT2D eigenvalue weighted by Gasteiger charge is 2.18. The lowest BCUT2D eigenvalue weighted by Gasteiger charge is -2.23. The number of nitrogens with one attached hydrogen (secondary N) is 3. The first-order valence-electron chi connectivity index (χ1n) is 7.14. The fourth-order valence-electron chi connectivity index (χ4n) is 2.32. The maximum Gasteiger partial charge on any atom is 0.251 e. The fraction of sp³-hybridized carbons (Fsp3) is 0.500. The number of amides is 1. The Morgan fingerprint density at radius 3 is 2.82 bits per heavy atom.